The third kappa shape index (κ3) is 6.08. The molecule has 0 saturated carbocycles. The Morgan fingerprint density at radius 3 is 2.29 bits per heavy atom. The fraction of sp³-hybridized carbons (Fsp3) is 0.409. The SMILES string of the molecule is CCOc1cc(C)ccc1CNC(=NC)NCc1ccc(OCC)c(OC)c1. The Bertz CT molecular complexity index is 791. The molecule has 2 aromatic rings. The Labute approximate surface area is 167 Å². The number of methoxy groups -OCH3 is 1. The van der Waals surface area contributed by atoms with Crippen LogP contribution in [-0.4, -0.2) is 33.3 Å². The topological polar surface area (TPSA) is 64.1 Å². The lowest BCUT2D eigenvalue weighted by Gasteiger charge is -2.16. The number of aryl methyl sites for hydroxylation is 1. The maximum Gasteiger partial charge on any atom is 0.191 e. The van der Waals surface area contributed by atoms with E-state index in [1.165, 1.54) is 5.56 Å². The van der Waals surface area contributed by atoms with Gasteiger partial charge < -0.3 is 24.8 Å². The van der Waals surface area contributed by atoms with Crippen LogP contribution in [0.25, 0.3) is 0 Å². The maximum atomic E-state index is 5.74. The Morgan fingerprint density at radius 1 is 0.893 bits per heavy atom. The summed E-state index contributed by atoms with van der Waals surface area (Å²) < 4.78 is 16.7. The van der Waals surface area contributed by atoms with E-state index in [2.05, 4.69) is 40.7 Å². The lowest BCUT2D eigenvalue weighted by Crippen LogP contribution is -2.36. The number of benzene rings is 2. The zero-order valence-electron chi connectivity index (χ0n) is 17.5. The van der Waals surface area contributed by atoms with Crippen LogP contribution in [0.15, 0.2) is 41.4 Å². The number of rotatable bonds is 9. The van der Waals surface area contributed by atoms with Crippen molar-refractivity contribution < 1.29 is 14.2 Å². The van der Waals surface area contributed by atoms with Gasteiger partial charge in [0.15, 0.2) is 17.5 Å². The summed E-state index contributed by atoms with van der Waals surface area (Å²) in [5, 5.41) is 6.66. The van der Waals surface area contributed by atoms with Gasteiger partial charge in [0.2, 0.25) is 0 Å². The van der Waals surface area contributed by atoms with Crippen molar-refractivity contribution in [3.8, 4) is 17.2 Å². The van der Waals surface area contributed by atoms with Crippen molar-refractivity contribution in [3.63, 3.8) is 0 Å². The van der Waals surface area contributed by atoms with E-state index in [1.807, 2.05) is 32.0 Å². The monoisotopic (exact) mass is 385 g/mol. The normalized spacial score (nSPS) is 11.1. The zero-order chi connectivity index (χ0) is 20.4. The highest BCUT2D eigenvalue weighted by Gasteiger charge is 2.08. The molecule has 6 nitrogen and oxygen atoms in total. The number of nitrogens with zero attached hydrogens (tertiary/aromatic N) is 1. The Morgan fingerprint density at radius 2 is 1.61 bits per heavy atom. The fourth-order valence-electron chi connectivity index (χ4n) is 2.78. The molecular weight excluding hydrogens is 354 g/mol. The van der Waals surface area contributed by atoms with Crippen molar-refractivity contribution in [3.05, 3.63) is 53.1 Å². The summed E-state index contributed by atoms with van der Waals surface area (Å²) in [7, 11) is 3.40. The Balaban J connectivity index is 1.97. The van der Waals surface area contributed by atoms with Gasteiger partial charge in [0.1, 0.15) is 5.75 Å². The van der Waals surface area contributed by atoms with Crippen LogP contribution in [0.3, 0.4) is 0 Å². The molecule has 0 bridgehead atoms. The summed E-state index contributed by atoms with van der Waals surface area (Å²) in [5.74, 6) is 3.10. The molecule has 0 aliphatic rings. The van der Waals surface area contributed by atoms with Crippen LogP contribution in [0.1, 0.15) is 30.5 Å². The molecule has 0 fully saturated rings. The van der Waals surface area contributed by atoms with E-state index < -0.39 is 0 Å². The Hall–Kier alpha value is -2.89. The number of aliphatic imine (C=N–C) groups is 1. The molecule has 2 rings (SSSR count). The van der Waals surface area contributed by atoms with E-state index in [9.17, 15) is 0 Å². The van der Waals surface area contributed by atoms with E-state index in [4.69, 9.17) is 14.2 Å². The quantitative estimate of drug-likeness (QED) is 0.509. The largest absolute Gasteiger partial charge is 0.494 e. The van der Waals surface area contributed by atoms with Crippen molar-refractivity contribution in [2.24, 2.45) is 4.99 Å². The number of nitrogens with one attached hydrogen (secondary N) is 2. The van der Waals surface area contributed by atoms with Gasteiger partial charge in [0.05, 0.1) is 20.3 Å². The Kier molecular flexibility index (Phi) is 8.46. The summed E-state index contributed by atoms with van der Waals surface area (Å²) in [4.78, 5) is 4.30. The molecule has 0 aromatic heterocycles. The molecule has 0 unspecified atom stereocenters. The van der Waals surface area contributed by atoms with Gasteiger partial charge in [-0.2, -0.15) is 0 Å². The number of ether oxygens (including phenoxy) is 3. The van der Waals surface area contributed by atoms with Crippen molar-refractivity contribution in [1.82, 2.24) is 10.6 Å². The molecule has 0 saturated heterocycles. The summed E-state index contributed by atoms with van der Waals surface area (Å²) in [6.07, 6.45) is 0. The second-order valence-electron chi connectivity index (χ2n) is 6.24. The first kappa shape index (κ1) is 21.4. The predicted molar refractivity (Wildman–Crippen MR) is 114 cm³/mol. The van der Waals surface area contributed by atoms with Crippen molar-refractivity contribution in [2.45, 2.75) is 33.9 Å². The van der Waals surface area contributed by atoms with E-state index in [1.54, 1.807) is 14.2 Å². The van der Waals surface area contributed by atoms with E-state index in [0.717, 1.165) is 34.3 Å². The molecule has 0 aliphatic carbocycles. The van der Waals surface area contributed by atoms with Crippen molar-refractivity contribution in [1.29, 1.82) is 0 Å². The molecule has 0 amide bonds. The average Bonchev–Trinajstić information content (AvgIpc) is 2.70. The fourth-order valence-corrected chi connectivity index (χ4v) is 2.78. The minimum absolute atomic E-state index is 0.604. The van der Waals surface area contributed by atoms with Gasteiger partial charge >= 0.3 is 0 Å². The minimum atomic E-state index is 0.604. The highest BCUT2D eigenvalue weighted by molar-refractivity contribution is 5.79. The average molecular weight is 386 g/mol. The van der Waals surface area contributed by atoms with Gasteiger partial charge in [0.25, 0.3) is 0 Å². The number of guanidine groups is 1. The smallest absolute Gasteiger partial charge is 0.191 e. The molecule has 0 radical (unpaired) electrons. The summed E-state index contributed by atoms with van der Waals surface area (Å²) in [6, 6.07) is 12.1. The highest BCUT2D eigenvalue weighted by atomic mass is 16.5. The lowest BCUT2D eigenvalue weighted by molar-refractivity contribution is 0.310. The highest BCUT2D eigenvalue weighted by Crippen LogP contribution is 2.28. The summed E-state index contributed by atoms with van der Waals surface area (Å²) in [5.41, 5.74) is 3.35. The predicted octanol–water partition coefficient (Wildman–Crippen LogP) is 3.67. The van der Waals surface area contributed by atoms with Gasteiger partial charge in [-0.25, -0.2) is 0 Å². The molecule has 0 heterocycles. The van der Waals surface area contributed by atoms with Crippen LogP contribution in [0, 0.1) is 6.92 Å². The maximum absolute atomic E-state index is 5.74. The van der Waals surface area contributed by atoms with Gasteiger partial charge in [-0.1, -0.05) is 18.2 Å². The third-order valence-electron chi connectivity index (χ3n) is 4.18. The first-order chi connectivity index (χ1) is 13.6. The third-order valence-corrected chi connectivity index (χ3v) is 4.18. The van der Waals surface area contributed by atoms with Gasteiger partial charge in [-0.05, 0) is 50.1 Å². The summed E-state index contributed by atoms with van der Waals surface area (Å²) >= 11 is 0. The van der Waals surface area contributed by atoms with Crippen LogP contribution in [0.4, 0.5) is 0 Å². The lowest BCUT2D eigenvalue weighted by atomic mass is 10.1. The van der Waals surface area contributed by atoms with Gasteiger partial charge in [0, 0.05) is 25.7 Å². The second-order valence-corrected chi connectivity index (χ2v) is 6.24. The summed E-state index contributed by atoms with van der Waals surface area (Å²) in [6.45, 7) is 8.50. The molecule has 28 heavy (non-hydrogen) atoms. The van der Waals surface area contributed by atoms with Crippen LogP contribution >= 0.6 is 0 Å². The van der Waals surface area contributed by atoms with E-state index in [-0.39, 0.29) is 0 Å². The molecule has 2 aromatic carbocycles. The van der Waals surface area contributed by atoms with Gasteiger partial charge in [-0.15, -0.1) is 0 Å². The molecule has 152 valence electrons. The van der Waals surface area contributed by atoms with Crippen LogP contribution in [0.5, 0.6) is 17.2 Å². The molecular formula is C22H31N3O3. The first-order valence-corrected chi connectivity index (χ1v) is 9.57. The van der Waals surface area contributed by atoms with Crippen molar-refractivity contribution in [2.75, 3.05) is 27.4 Å². The van der Waals surface area contributed by atoms with Crippen LogP contribution in [0.2, 0.25) is 0 Å². The second kappa shape index (κ2) is 11.1. The van der Waals surface area contributed by atoms with E-state index in [0.29, 0.717) is 26.3 Å². The standard InChI is InChI=1S/C22H31N3O3/c1-6-27-19-11-9-17(13-21(19)26-5)14-24-22(23-4)25-15-18-10-8-16(3)12-20(18)28-7-2/h8-13H,6-7,14-15H2,1-5H3,(H2,23,24,25). The zero-order valence-corrected chi connectivity index (χ0v) is 17.5. The van der Waals surface area contributed by atoms with Crippen molar-refractivity contribution >= 4 is 5.96 Å². The molecule has 0 atom stereocenters. The molecule has 2 N–H and O–H groups in total. The van der Waals surface area contributed by atoms with Crippen LogP contribution < -0.4 is 24.8 Å². The van der Waals surface area contributed by atoms with E-state index >= 15 is 0 Å². The van der Waals surface area contributed by atoms with Crippen LogP contribution in [-0.2, 0) is 13.1 Å². The number of hydrogen-bond acceptors (Lipinski definition) is 4. The minimum Gasteiger partial charge on any atom is -0.494 e. The first-order valence-electron chi connectivity index (χ1n) is 9.57. The van der Waals surface area contributed by atoms with Gasteiger partial charge in [-0.3, -0.25) is 4.99 Å². The number of hydrogen-bond donors (Lipinski definition) is 2. The molecule has 0 aliphatic heterocycles. The molecule has 0 spiro atoms. The molecule has 6 heteroatoms.